The van der Waals surface area contributed by atoms with Gasteiger partial charge in [0.15, 0.2) is 0 Å². The second-order valence-corrected chi connectivity index (χ2v) is 16.3. The number of allylic oxidation sites excluding steroid dienone is 4. The molecular weight excluding hydrogens is 512 g/mol. The van der Waals surface area contributed by atoms with Gasteiger partial charge in [-0.2, -0.15) is 0 Å². The molecule has 0 saturated carbocycles. The molecule has 0 heterocycles. The number of aryl methyl sites for hydroxylation is 2. The van der Waals surface area contributed by atoms with E-state index in [1.165, 1.54) is 33.4 Å². The minimum atomic E-state index is -2.60. The predicted octanol–water partition coefficient (Wildman–Crippen LogP) is 8.88. The van der Waals surface area contributed by atoms with Gasteiger partial charge in [-0.15, -0.1) is 0 Å². The fourth-order valence-corrected chi connectivity index (χ4v) is 15.8. The van der Waals surface area contributed by atoms with Crippen molar-refractivity contribution in [3.63, 3.8) is 0 Å². The van der Waals surface area contributed by atoms with Crippen molar-refractivity contribution in [2.75, 3.05) is 0 Å². The van der Waals surface area contributed by atoms with Gasteiger partial charge in [-0.05, 0) is 0 Å². The maximum atomic E-state index is 2.50. The Balaban J connectivity index is 1.77. The van der Waals surface area contributed by atoms with Crippen molar-refractivity contribution in [1.29, 1.82) is 0 Å². The van der Waals surface area contributed by atoms with E-state index in [4.69, 9.17) is 0 Å². The number of fused-ring (bicyclic) bond motifs is 3. The summed E-state index contributed by atoms with van der Waals surface area (Å²) in [5, 5.41) is 0. The number of rotatable bonds is 5. The number of hydrogen-bond donors (Lipinski definition) is 0. The molecule has 0 N–H and O–H groups in total. The van der Waals surface area contributed by atoms with E-state index in [2.05, 4.69) is 130 Å². The second-order valence-electron chi connectivity index (χ2n) is 10.1. The molecule has 0 spiro atoms. The van der Waals surface area contributed by atoms with Gasteiger partial charge in [0.25, 0.3) is 0 Å². The monoisotopic (exact) mass is 542 g/mol. The van der Waals surface area contributed by atoms with Gasteiger partial charge in [0.2, 0.25) is 0 Å². The van der Waals surface area contributed by atoms with Crippen LogP contribution >= 0.6 is 0 Å². The Bertz CT molecular complexity index is 1440. The van der Waals surface area contributed by atoms with Gasteiger partial charge in [0.1, 0.15) is 0 Å². The second kappa shape index (κ2) is 9.87. The van der Waals surface area contributed by atoms with Crippen LogP contribution in [-0.2, 0) is 21.3 Å². The Kier molecular flexibility index (Phi) is 6.45. The van der Waals surface area contributed by atoms with E-state index < -0.39 is 21.3 Å². The molecule has 0 saturated heterocycles. The van der Waals surface area contributed by atoms with E-state index in [0.717, 1.165) is 12.8 Å². The first kappa shape index (κ1) is 23.5. The van der Waals surface area contributed by atoms with Crippen LogP contribution in [0.25, 0.3) is 11.1 Å². The molecule has 176 valence electrons. The average molecular weight is 544 g/mol. The zero-order chi connectivity index (χ0) is 24.6. The molecule has 6 rings (SSSR count). The third-order valence-electron chi connectivity index (χ3n) is 7.74. The van der Waals surface area contributed by atoms with E-state index in [0.29, 0.717) is 3.63 Å². The normalized spacial score (nSPS) is 14.2. The van der Waals surface area contributed by atoms with Gasteiger partial charge in [-0.3, -0.25) is 0 Å². The van der Waals surface area contributed by atoms with Gasteiger partial charge in [0.05, 0.1) is 0 Å². The van der Waals surface area contributed by atoms with E-state index in [1.54, 1.807) is 23.2 Å². The fourth-order valence-electron chi connectivity index (χ4n) is 6.13. The quantitative estimate of drug-likeness (QED) is 0.236. The molecule has 2 aliphatic rings. The SMILES string of the molecule is CCC1=[C]([Zr](=[C](c2ccccc2)c2ccccc2)[CH]2c3cc(C)ccc3-c3ccc(C)cc32)CC=C1. The molecule has 4 aromatic carbocycles. The van der Waals surface area contributed by atoms with Crippen LogP contribution < -0.4 is 0 Å². The summed E-state index contributed by atoms with van der Waals surface area (Å²) < 4.78 is 3.88. The molecular formula is C35H32Zr. The van der Waals surface area contributed by atoms with Crippen LogP contribution in [0.1, 0.15) is 56.8 Å². The molecule has 0 aliphatic heterocycles. The summed E-state index contributed by atoms with van der Waals surface area (Å²) in [4.78, 5) is 0. The Morgan fingerprint density at radius 2 is 1.25 bits per heavy atom. The Hall–Kier alpha value is -2.89. The molecule has 0 aromatic heterocycles. The van der Waals surface area contributed by atoms with Crippen LogP contribution in [0.5, 0.6) is 0 Å². The predicted molar refractivity (Wildman–Crippen MR) is 150 cm³/mol. The van der Waals surface area contributed by atoms with Crippen molar-refractivity contribution >= 4 is 3.21 Å². The standard InChI is InChI=1S/C15H13.C13H10.C7H9.Zr/c1-10-3-5-14-12(7-10)9-13-8-11(2)4-6-15(13)14;1-3-7-12(8-4-1)11-13-9-5-2-6-10-13;1-2-7-5-3-4-6-7;/h3-9H,1-2H3;1-10H;3,5H,2,4H2,1H3;. The molecule has 36 heavy (non-hydrogen) atoms. The minimum absolute atomic E-state index is 0.476. The van der Waals surface area contributed by atoms with Crippen LogP contribution in [-0.4, -0.2) is 3.21 Å². The molecule has 4 aromatic rings. The molecule has 0 bridgehead atoms. The van der Waals surface area contributed by atoms with Crippen molar-refractivity contribution in [2.45, 2.75) is 37.2 Å². The third kappa shape index (κ3) is 4.08. The average Bonchev–Trinajstić information content (AvgIpc) is 3.50. The van der Waals surface area contributed by atoms with Crippen LogP contribution in [0.2, 0.25) is 0 Å². The first-order valence-electron chi connectivity index (χ1n) is 13.1. The van der Waals surface area contributed by atoms with Gasteiger partial charge in [-0.25, -0.2) is 0 Å². The summed E-state index contributed by atoms with van der Waals surface area (Å²) in [6, 6.07) is 36.9. The summed E-state index contributed by atoms with van der Waals surface area (Å²) in [7, 11) is 0. The summed E-state index contributed by atoms with van der Waals surface area (Å²) in [6.07, 6.45) is 7.07. The number of benzene rings is 4. The molecule has 1 heteroatoms. The van der Waals surface area contributed by atoms with E-state index in [1.807, 2.05) is 0 Å². The Labute approximate surface area is 223 Å². The van der Waals surface area contributed by atoms with Crippen LogP contribution in [0.3, 0.4) is 0 Å². The summed E-state index contributed by atoms with van der Waals surface area (Å²) >= 11 is -2.60. The van der Waals surface area contributed by atoms with Gasteiger partial charge in [0, 0.05) is 0 Å². The zero-order valence-corrected chi connectivity index (χ0v) is 23.8. The van der Waals surface area contributed by atoms with Crippen LogP contribution in [0, 0.1) is 13.8 Å². The van der Waals surface area contributed by atoms with Crippen molar-refractivity contribution in [3.8, 4) is 11.1 Å². The summed E-state index contributed by atoms with van der Waals surface area (Å²) in [5.74, 6) is 0. The van der Waals surface area contributed by atoms with Gasteiger partial charge >= 0.3 is 224 Å². The van der Waals surface area contributed by atoms with E-state index >= 15 is 0 Å². The summed E-state index contributed by atoms with van der Waals surface area (Å²) in [5.41, 5.74) is 13.1. The molecule has 2 aliphatic carbocycles. The molecule has 0 fully saturated rings. The maximum absolute atomic E-state index is 2.60. The van der Waals surface area contributed by atoms with Crippen molar-refractivity contribution in [1.82, 2.24) is 0 Å². The van der Waals surface area contributed by atoms with E-state index in [-0.39, 0.29) is 0 Å². The first-order chi connectivity index (χ1) is 17.7. The Morgan fingerprint density at radius 3 is 1.75 bits per heavy atom. The molecule has 0 unspecified atom stereocenters. The van der Waals surface area contributed by atoms with Gasteiger partial charge < -0.3 is 0 Å². The van der Waals surface area contributed by atoms with Crippen LogP contribution in [0.4, 0.5) is 0 Å². The first-order valence-corrected chi connectivity index (χ1v) is 17.0. The molecule has 0 nitrogen and oxygen atoms in total. The molecule has 0 amide bonds. The summed E-state index contributed by atoms with van der Waals surface area (Å²) in [6.45, 7) is 6.84. The van der Waals surface area contributed by atoms with Crippen molar-refractivity contribution < 1.29 is 21.3 Å². The third-order valence-corrected chi connectivity index (χ3v) is 16.3. The molecule has 0 atom stereocenters. The fraction of sp³-hybridized carbons (Fsp3) is 0.171. The topological polar surface area (TPSA) is 0 Å². The number of hydrogen-bond acceptors (Lipinski definition) is 0. The van der Waals surface area contributed by atoms with E-state index in [9.17, 15) is 0 Å². The van der Waals surface area contributed by atoms with Crippen LogP contribution in [0.15, 0.2) is 118 Å². The van der Waals surface area contributed by atoms with Crippen molar-refractivity contribution in [2.24, 2.45) is 0 Å². The zero-order valence-electron chi connectivity index (χ0n) is 21.4. The molecule has 0 radical (unpaired) electrons. The Morgan fingerprint density at radius 1 is 0.722 bits per heavy atom. The van der Waals surface area contributed by atoms with Crippen molar-refractivity contribution in [3.05, 3.63) is 151 Å². The van der Waals surface area contributed by atoms with Gasteiger partial charge in [-0.1, -0.05) is 0 Å².